The Morgan fingerprint density at radius 3 is 2.36 bits per heavy atom. The lowest BCUT2D eigenvalue weighted by Crippen LogP contribution is -2.45. The molecule has 4 rings (SSSR count). The molecule has 0 unspecified atom stereocenters. The van der Waals surface area contributed by atoms with Gasteiger partial charge in [0.15, 0.2) is 5.82 Å². The number of tetrazole rings is 1. The van der Waals surface area contributed by atoms with E-state index < -0.39 is 11.7 Å². The number of halogens is 3. The molecule has 2 atom stereocenters. The first-order valence-electron chi connectivity index (χ1n) is 8.38. The van der Waals surface area contributed by atoms with Gasteiger partial charge in [0.2, 0.25) is 0 Å². The van der Waals surface area contributed by atoms with Gasteiger partial charge in [0.1, 0.15) is 0 Å². The summed E-state index contributed by atoms with van der Waals surface area (Å²) in [7, 11) is 0. The van der Waals surface area contributed by atoms with Crippen LogP contribution in [0.15, 0.2) is 24.3 Å². The molecule has 25 heavy (non-hydrogen) atoms. The number of hydrogen-bond acceptors (Lipinski definition) is 5. The number of nitrogens with zero attached hydrogens (tertiary/aromatic N) is 6. The minimum Gasteiger partial charge on any atom is -0.298 e. The van der Waals surface area contributed by atoms with Crippen molar-refractivity contribution in [1.29, 1.82) is 0 Å². The van der Waals surface area contributed by atoms with Crippen LogP contribution in [0.3, 0.4) is 0 Å². The molecule has 134 valence electrons. The lowest BCUT2D eigenvalue weighted by atomic mass is 10.2. The molecule has 9 heteroatoms. The molecule has 0 saturated carbocycles. The Labute approximate surface area is 143 Å². The second-order valence-corrected chi connectivity index (χ2v) is 6.61. The zero-order valence-electron chi connectivity index (χ0n) is 13.8. The van der Waals surface area contributed by atoms with Gasteiger partial charge in [-0.1, -0.05) is 6.92 Å². The molecule has 0 aliphatic carbocycles. The second-order valence-electron chi connectivity index (χ2n) is 6.61. The highest BCUT2D eigenvalue weighted by atomic mass is 19.4. The highest BCUT2D eigenvalue weighted by Gasteiger charge is 2.42. The number of hydrogen-bond donors (Lipinski definition) is 0. The molecular weight excluding hydrogens is 333 g/mol. The normalized spacial score (nSPS) is 24.3. The Morgan fingerprint density at radius 1 is 1.08 bits per heavy atom. The lowest BCUT2D eigenvalue weighted by molar-refractivity contribution is -0.137. The van der Waals surface area contributed by atoms with Crippen molar-refractivity contribution in [3.8, 4) is 5.69 Å². The monoisotopic (exact) mass is 352 g/mol. The van der Waals surface area contributed by atoms with Crippen LogP contribution >= 0.6 is 0 Å². The molecule has 0 amide bonds. The fraction of sp³-hybridized carbons (Fsp3) is 0.562. The van der Waals surface area contributed by atoms with Crippen molar-refractivity contribution < 1.29 is 13.2 Å². The molecule has 0 N–H and O–H groups in total. The van der Waals surface area contributed by atoms with Gasteiger partial charge in [-0.25, -0.2) is 0 Å². The summed E-state index contributed by atoms with van der Waals surface area (Å²) in [5.74, 6) is 0.648. The first kappa shape index (κ1) is 16.5. The molecule has 3 heterocycles. The maximum absolute atomic E-state index is 12.7. The van der Waals surface area contributed by atoms with E-state index in [2.05, 4.69) is 32.2 Å². The van der Waals surface area contributed by atoms with Gasteiger partial charge in [0.05, 0.1) is 17.8 Å². The van der Waals surface area contributed by atoms with Gasteiger partial charge in [-0.2, -0.15) is 17.9 Å². The van der Waals surface area contributed by atoms with Crippen molar-refractivity contribution in [1.82, 2.24) is 30.0 Å². The highest BCUT2D eigenvalue weighted by molar-refractivity contribution is 5.35. The van der Waals surface area contributed by atoms with Crippen LogP contribution in [-0.2, 0) is 12.7 Å². The van der Waals surface area contributed by atoms with Crippen molar-refractivity contribution in [2.45, 2.75) is 38.1 Å². The lowest BCUT2D eigenvalue weighted by Gasteiger charge is -2.33. The van der Waals surface area contributed by atoms with Crippen LogP contribution in [-0.4, -0.2) is 61.7 Å². The molecule has 0 spiro atoms. The Balaban J connectivity index is 1.50. The minimum absolute atomic E-state index is 0.503. The van der Waals surface area contributed by atoms with Gasteiger partial charge in [-0.05, 0) is 47.7 Å². The predicted octanol–water partition coefficient (Wildman–Crippen LogP) is 1.96. The maximum Gasteiger partial charge on any atom is 0.416 e. The maximum atomic E-state index is 12.7. The van der Waals surface area contributed by atoms with Gasteiger partial charge in [0.25, 0.3) is 0 Å². The topological polar surface area (TPSA) is 50.1 Å². The molecule has 2 saturated heterocycles. The number of benzene rings is 1. The van der Waals surface area contributed by atoms with Gasteiger partial charge < -0.3 is 0 Å². The number of aromatic nitrogens is 4. The van der Waals surface area contributed by atoms with Crippen LogP contribution in [0, 0.1) is 0 Å². The van der Waals surface area contributed by atoms with E-state index in [1.165, 1.54) is 16.8 Å². The SMILES string of the molecule is CCN1C[C@@H]2C[C@H]1CN2Cc1nnnn1-c1ccc(C(F)(F)F)cc1. The van der Waals surface area contributed by atoms with Crippen molar-refractivity contribution in [2.75, 3.05) is 19.6 Å². The number of alkyl halides is 3. The van der Waals surface area contributed by atoms with Gasteiger partial charge >= 0.3 is 6.18 Å². The standard InChI is InChI=1S/C16H19F3N6/c1-2-23-8-14-7-13(23)9-24(14)10-15-20-21-22-25(15)12-5-3-11(4-6-12)16(17,18)19/h3-6,13-14H,2,7-10H2,1H3/t13-,14-/m0/s1. The van der Waals surface area contributed by atoms with Gasteiger partial charge in [0, 0.05) is 25.2 Å². The van der Waals surface area contributed by atoms with Crippen LogP contribution in [0.5, 0.6) is 0 Å². The van der Waals surface area contributed by atoms with E-state index in [9.17, 15) is 13.2 Å². The van der Waals surface area contributed by atoms with Crippen LogP contribution in [0.2, 0.25) is 0 Å². The molecule has 2 aromatic rings. The Morgan fingerprint density at radius 2 is 1.76 bits per heavy atom. The molecule has 2 fully saturated rings. The van der Waals surface area contributed by atoms with Crippen molar-refractivity contribution >= 4 is 0 Å². The van der Waals surface area contributed by atoms with E-state index in [1.807, 2.05) is 0 Å². The number of fused-ring (bicyclic) bond motifs is 2. The van der Waals surface area contributed by atoms with Crippen molar-refractivity contribution in [2.24, 2.45) is 0 Å². The zero-order valence-corrected chi connectivity index (χ0v) is 13.8. The van der Waals surface area contributed by atoms with E-state index in [0.29, 0.717) is 30.1 Å². The smallest absolute Gasteiger partial charge is 0.298 e. The van der Waals surface area contributed by atoms with E-state index in [1.54, 1.807) is 0 Å². The summed E-state index contributed by atoms with van der Waals surface area (Å²) in [6.45, 7) is 5.89. The third kappa shape index (κ3) is 3.02. The summed E-state index contributed by atoms with van der Waals surface area (Å²) in [6, 6.07) is 6.00. The molecule has 2 aliphatic rings. The third-order valence-corrected chi connectivity index (χ3v) is 5.19. The third-order valence-electron chi connectivity index (χ3n) is 5.19. The predicted molar refractivity (Wildman–Crippen MR) is 84.0 cm³/mol. The van der Waals surface area contributed by atoms with Crippen LogP contribution in [0.1, 0.15) is 24.7 Å². The van der Waals surface area contributed by atoms with E-state index >= 15 is 0 Å². The molecular formula is C16H19F3N6. The summed E-state index contributed by atoms with van der Waals surface area (Å²) < 4.78 is 39.6. The first-order valence-corrected chi connectivity index (χ1v) is 8.38. The summed E-state index contributed by atoms with van der Waals surface area (Å²) >= 11 is 0. The number of likely N-dealkylation sites (N-methyl/N-ethyl adjacent to an activating group) is 1. The zero-order chi connectivity index (χ0) is 17.6. The van der Waals surface area contributed by atoms with Crippen LogP contribution in [0.25, 0.3) is 5.69 Å². The summed E-state index contributed by atoms with van der Waals surface area (Å²) in [5.41, 5.74) is -0.144. The Kier molecular flexibility index (Phi) is 3.99. The Hall–Kier alpha value is -2.00. The summed E-state index contributed by atoms with van der Waals surface area (Å²) in [6.07, 6.45) is -3.18. The fourth-order valence-electron chi connectivity index (χ4n) is 3.89. The Bertz CT molecular complexity index is 741. The van der Waals surface area contributed by atoms with E-state index in [0.717, 1.165) is 38.2 Å². The van der Waals surface area contributed by atoms with Crippen molar-refractivity contribution in [3.05, 3.63) is 35.7 Å². The summed E-state index contributed by atoms with van der Waals surface area (Å²) in [5, 5.41) is 11.7. The first-order chi connectivity index (χ1) is 12.0. The molecule has 0 radical (unpaired) electrons. The molecule has 6 nitrogen and oxygen atoms in total. The van der Waals surface area contributed by atoms with Crippen molar-refractivity contribution in [3.63, 3.8) is 0 Å². The van der Waals surface area contributed by atoms with Gasteiger partial charge in [-0.15, -0.1) is 5.10 Å². The van der Waals surface area contributed by atoms with Crippen LogP contribution in [0.4, 0.5) is 13.2 Å². The van der Waals surface area contributed by atoms with E-state index in [4.69, 9.17) is 0 Å². The minimum atomic E-state index is -4.35. The summed E-state index contributed by atoms with van der Waals surface area (Å²) in [4.78, 5) is 4.85. The molecule has 2 aliphatic heterocycles. The molecule has 2 bridgehead atoms. The highest BCUT2D eigenvalue weighted by Crippen LogP contribution is 2.32. The largest absolute Gasteiger partial charge is 0.416 e. The van der Waals surface area contributed by atoms with Crippen LogP contribution < -0.4 is 0 Å². The number of piperazine rings is 1. The average Bonchev–Trinajstić information content (AvgIpc) is 3.29. The second kappa shape index (κ2) is 6.06. The average molecular weight is 352 g/mol. The quantitative estimate of drug-likeness (QED) is 0.842. The molecule has 1 aromatic heterocycles. The number of likely N-dealkylation sites (tertiary alicyclic amines) is 2. The van der Waals surface area contributed by atoms with E-state index in [-0.39, 0.29) is 0 Å². The van der Waals surface area contributed by atoms with Gasteiger partial charge in [-0.3, -0.25) is 9.80 Å². The molecule has 1 aromatic carbocycles. The fourth-order valence-corrected chi connectivity index (χ4v) is 3.89. The number of rotatable bonds is 4.